The van der Waals surface area contributed by atoms with Crippen LogP contribution in [-0.4, -0.2) is 17.5 Å². The van der Waals surface area contributed by atoms with Gasteiger partial charge in [0.1, 0.15) is 0 Å². The lowest BCUT2D eigenvalue weighted by Gasteiger charge is -2.32. The molecule has 1 heteroatoms. The van der Waals surface area contributed by atoms with Crippen molar-refractivity contribution in [2.45, 2.75) is 59.4 Å². The van der Waals surface area contributed by atoms with Crippen molar-refractivity contribution in [2.24, 2.45) is 11.8 Å². The van der Waals surface area contributed by atoms with E-state index < -0.39 is 0 Å². The zero-order valence-electron chi connectivity index (χ0n) is 10.7. The van der Waals surface area contributed by atoms with Crippen molar-refractivity contribution < 1.29 is 0 Å². The standard InChI is InChI=1S/C14H25N/c1-10(2)15-8-6-5-7-13-11(3)9-12(4)14(13)15/h10-12H,5-9H2,1-4H3. The van der Waals surface area contributed by atoms with Crippen molar-refractivity contribution in [3.8, 4) is 0 Å². The fourth-order valence-electron chi connectivity index (χ4n) is 3.45. The number of allylic oxidation sites excluding steroid dienone is 2. The SMILES string of the molecule is CC1CC(C)C2=C1CCCCN2C(C)C. The van der Waals surface area contributed by atoms with E-state index in [4.69, 9.17) is 0 Å². The van der Waals surface area contributed by atoms with Crippen molar-refractivity contribution in [2.75, 3.05) is 6.54 Å². The molecule has 0 N–H and O–H groups in total. The lowest BCUT2D eigenvalue weighted by molar-refractivity contribution is 0.258. The maximum Gasteiger partial charge on any atom is 0.0230 e. The topological polar surface area (TPSA) is 3.24 Å². The van der Waals surface area contributed by atoms with Gasteiger partial charge in [-0.2, -0.15) is 0 Å². The van der Waals surface area contributed by atoms with Crippen LogP contribution in [0.3, 0.4) is 0 Å². The second-order valence-corrected chi connectivity index (χ2v) is 5.69. The van der Waals surface area contributed by atoms with Crippen LogP contribution in [0.25, 0.3) is 0 Å². The number of hydrogen-bond donors (Lipinski definition) is 0. The molecule has 15 heavy (non-hydrogen) atoms. The number of hydrogen-bond acceptors (Lipinski definition) is 1. The van der Waals surface area contributed by atoms with Crippen molar-refractivity contribution in [1.29, 1.82) is 0 Å². The Labute approximate surface area is 94.5 Å². The monoisotopic (exact) mass is 207 g/mol. The molecule has 1 aliphatic heterocycles. The van der Waals surface area contributed by atoms with Gasteiger partial charge in [0, 0.05) is 18.3 Å². The molecule has 0 spiro atoms. The minimum absolute atomic E-state index is 0.681. The molecule has 1 aliphatic carbocycles. The van der Waals surface area contributed by atoms with E-state index in [0.29, 0.717) is 6.04 Å². The Morgan fingerprint density at radius 2 is 1.87 bits per heavy atom. The van der Waals surface area contributed by atoms with Crippen LogP contribution in [-0.2, 0) is 0 Å². The van der Waals surface area contributed by atoms with Crippen molar-refractivity contribution in [3.05, 3.63) is 11.3 Å². The second kappa shape index (κ2) is 4.19. The highest BCUT2D eigenvalue weighted by Crippen LogP contribution is 2.42. The molecule has 2 atom stereocenters. The molecule has 2 rings (SSSR count). The molecule has 86 valence electrons. The summed E-state index contributed by atoms with van der Waals surface area (Å²) in [6.45, 7) is 10.8. The Hall–Kier alpha value is -0.460. The Kier molecular flexibility index (Phi) is 3.08. The quantitative estimate of drug-likeness (QED) is 0.632. The van der Waals surface area contributed by atoms with E-state index in [1.807, 2.05) is 0 Å². The van der Waals surface area contributed by atoms with Gasteiger partial charge in [0.05, 0.1) is 0 Å². The molecule has 0 saturated heterocycles. The number of nitrogens with zero attached hydrogens (tertiary/aromatic N) is 1. The molecule has 0 radical (unpaired) electrons. The van der Waals surface area contributed by atoms with Gasteiger partial charge < -0.3 is 4.90 Å². The van der Waals surface area contributed by atoms with E-state index in [1.165, 1.54) is 32.2 Å². The third-order valence-corrected chi connectivity index (χ3v) is 4.13. The average molecular weight is 207 g/mol. The molecule has 0 aromatic carbocycles. The molecule has 2 aliphatic rings. The molecule has 2 unspecified atom stereocenters. The summed E-state index contributed by atoms with van der Waals surface area (Å²) in [5.41, 5.74) is 3.50. The Morgan fingerprint density at radius 1 is 1.13 bits per heavy atom. The summed E-state index contributed by atoms with van der Waals surface area (Å²) in [6, 6.07) is 0.681. The molecule has 0 aromatic rings. The third kappa shape index (κ3) is 1.93. The molecule has 0 fully saturated rings. The summed E-state index contributed by atoms with van der Waals surface area (Å²) < 4.78 is 0. The zero-order valence-corrected chi connectivity index (χ0v) is 10.7. The maximum atomic E-state index is 2.68. The van der Waals surface area contributed by atoms with E-state index in [1.54, 1.807) is 11.3 Å². The minimum atomic E-state index is 0.681. The largest absolute Gasteiger partial charge is 0.372 e. The smallest absolute Gasteiger partial charge is 0.0230 e. The normalized spacial score (nSPS) is 32.2. The van der Waals surface area contributed by atoms with E-state index in [-0.39, 0.29) is 0 Å². The van der Waals surface area contributed by atoms with Crippen LogP contribution in [0.2, 0.25) is 0 Å². The average Bonchev–Trinajstić information content (AvgIpc) is 2.40. The molecule has 0 saturated carbocycles. The first-order valence-electron chi connectivity index (χ1n) is 6.60. The second-order valence-electron chi connectivity index (χ2n) is 5.69. The highest BCUT2D eigenvalue weighted by Gasteiger charge is 2.33. The van der Waals surface area contributed by atoms with Gasteiger partial charge in [-0.3, -0.25) is 0 Å². The van der Waals surface area contributed by atoms with Gasteiger partial charge in [-0.25, -0.2) is 0 Å². The van der Waals surface area contributed by atoms with Gasteiger partial charge in [0.2, 0.25) is 0 Å². The molecular weight excluding hydrogens is 182 g/mol. The first-order valence-corrected chi connectivity index (χ1v) is 6.60. The van der Waals surface area contributed by atoms with Gasteiger partial charge in [0.25, 0.3) is 0 Å². The fraction of sp³-hybridized carbons (Fsp3) is 0.857. The van der Waals surface area contributed by atoms with Crippen LogP contribution >= 0.6 is 0 Å². The van der Waals surface area contributed by atoms with Crippen molar-refractivity contribution >= 4 is 0 Å². The van der Waals surface area contributed by atoms with Crippen LogP contribution in [0.15, 0.2) is 11.3 Å². The van der Waals surface area contributed by atoms with Crippen LogP contribution in [0.1, 0.15) is 53.4 Å². The predicted molar refractivity (Wildman–Crippen MR) is 65.7 cm³/mol. The van der Waals surface area contributed by atoms with E-state index in [9.17, 15) is 0 Å². The van der Waals surface area contributed by atoms with Gasteiger partial charge in [-0.1, -0.05) is 13.8 Å². The molecule has 0 aromatic heterocycles. The molecule has 0 amide bonds. The van der Waals surface area contributed by atoms with Gasteiger partial charge >= 0.3 is 0 Å². The molecule has 1 heterocycles. The summed E-state index contributed by atoms with van der Waals surface area (Å²) in [7, 11) is 0. The van der Waals surface area contributed by atoms with E-state index in [2.05, 4.69) is 32.6 Å². The summed E-state index contributed by atoms with van der Waals surface area (Å²) in [5.74, 6) is 1.64. The molecular formula is C14H25N. The zero-order chi connectivity index (χ0) is 11.0. The lowest BCUT2D eigenvalue weighted by atomic mass is 9.98. The summed E-state index contributed by atoms with van der Waals surface area (Å²) in [6.07, 6.45) is 5.53. The summed E-state index contributed by atoms with van der Waals surface area (Å²) in [4.78, 5) is 2.68. The Bertz CT molecular complexity index is 265. The van der Waals surface area contributed by atoms with Gasteiger partial charge in [0.15, 0.2) is 0 Å². The third-order valence-electron chi connectivity index (χ3n) is 4.13. The minimum Gasteiger partial charge on any atom is -0.372 e. The first-order chi connectivity index (χ1) is 7.11. The number of rotatable bonds is 1. The van der Waals surface area contributed by atoms with Gasteiger partial charge in [-0.05, 0) is 56.9 Å². The summed E-state index contributed by atoms with van der Waals surface area (Å²) in [5, 5.41) is 0. The fourth-order valence-corrected chi connectivity index (χ4v) is 3.45. The highest BCUT2D eigenvalue weighted by atomic mass is 15.2. The highest BCUT2D eigenvalue weighted by molar-refractivity contribution is 5.25. The van der Waals surface area contributed by atoms with E-state index >= 15 is 0 Å². The van der Waals surface area contributed by atoms with Crippen molar-refractivity contribution in [1.82, 2.24) is 4.90 Å². The Balaban J connectivity index is 2.32. The van der Waals surface area contributed by atoms with Crippen LogP contribution in [0.4, 0.5) is 0 Å². The maximum absolute atomic E-state index is 2.68. The first kappa shape index (κ1) is 11.0. The molecule has 1 nitrogen and oxygen atoms in total. The van der Waals surface area contributed by atoms with Crippen molar-refractivity contribution in [3.63, 3.8) is 0 Å². The molecule has 0 bridgehead atoms. The van der Waals surface area contributed by atoms with Crippen LogP contribution in [0.5, 0.6) is 0 Å². The van der Waals surface area contributed by atoms with Crippen LogP contribution < -0.4 is 0 Å². The Morgan fingerprint density at radius 3 is 2.53 bits per heavy atom. The van der Waals surface area contributed by atoms with E-state index in [0.717, 1.165) is 11.8 Å². The predicted octanol–water partition coefficient (Wildman–Crippen LogP) is 3.81. The summed E-state index contributed by atoms with van der Waals surface area (Å²) >= 11 is 0. The lowest BCUT2D eigenvalue weighted by Crippen LogP contribution is -2.32. The van der Waals surface area contributed by atoms with Crippen LogP contribution in [0, 0.1) is 11.8 Å². The van der Waals surface area contributed by atoms with Gasteiger partial charge in [-0.15, -0.1) is 0 Å².